The van der Waals surface area contributed by atoms with Crippen LogP contribution in [0.25, 0.3) is 4.48 Å². The predicted octanol–water partition coefficient (Wildman–Crippen LogP) is 4.50. The van der Waals surface area contributed by atoms with E-state index in [0.29, 0.717) is 0 Å². The first kappa shape index (κ1) is 13.2. The Morgan fingerprint density at radius 2 is 1.67 bits per heavy atom. The Hall–Kier alpha value is -1.19. The van der Waals surface area contributed by atoms with Gasteiger partial charge in [0.05, 0.1) is 10.8 Å². The van der Waals surface area contributed by atoms with Gasteiger partial charge in [-0.25, -0.2) is 4.21 Å². The van der Waals surface area contributed by atoms with Gasteiger partial charge in [0.15, 0.2) is 0 Å². The monoisotopic (exact) mass is 320 g/mol. The van der Waals surface area contributed by atoms with Crippen LogP contribution in [0.5, 0.6) is 0 Å². The molecule has 0 aliphatic carbocycles. The Balaban J connectivity index is 2.23. The van der Waals surface area contributed by atoms with E-state index >= 15 is 0 Å². The number of hydrogen-bond acceptors (Lipinski definition) is 1. The molecule has 0 saturated heterocycles. The highest BCUT2D eigenvalue weighted by Crippen LogP contribution is 2.23. The van der Waals surface area contributed by atoms with Crippen LogP contribution in [0.3, 0.4) is 0 Å². The topological polar surface area (TPSA) is 17.1 Å². The van der Waals surface area contributed by atoms with Crippen LogP contribution in [0, 0.1) is 6.92 Å². The van der Waals surface area contributed by atoms with Crippen LogP contribution in [0.15, 0.2) is 64.9 Å². The van der Waals surface area contributed by atoms with Crippen LogP contribution in [-0.4, -0.2) is 4.21 Å². The molecular weight excluding hydrogens is 308 g/mol. The van der Waals surface area contributed by atoms with Crippen molar-refractivity contribution >= 4 is 31.2 Å². The molecule has 92 valence electrons. The average Bonchev–Trinajstić information content (AvgIpc) is 2.40. The Labute approximate surface area is 118 Å². The molecule has 0 aliphatic rings. The maximum atomic E-state index is 12.1. The molecule has 1 nitrogen and oxygen atoms in total. The van der Waals surface area contributed by atoms with Crippen molar-refractivity contribution in [3.63, 3.8) is 0 Å². The summed E-state index contributed by atoms with van der Waals surface area (Å²) < 4.78 is 13.0. The van der Waals surface area contributed by atoms with Gasteiger partial charge in [-0.05, 0) is 40.5 Å². The first-order chi connectivity index (χ1) is 8.66. The molecule has 0 bridgehead atoms. The molecule has 2 aromatic carbocycles. The Morgan fingerprint density at radius 3 is 2.28 bits per heavy atom. The van der Waals surface area contributed by atoms with Gasteiger partial charge in [0, 0.05) is 14.8 Å². The maximum Gasteiger partial charge on any atom is 0.0787 e. The first-order valence-electron chi connectivity index (χ1n) is 5.57. The molecule has 0 N–H and O–H groups in total. The van der Waals surface area contributed by atoms with E-state index in [1.807, 2.05) is 61.5 Å². The summed E-state index contributed by atoms with van der Waals surface area (Å²) in [6.45, 7) is 2.02. The Kier molecular flexibility index (Phi) is 4.50. The van der Waals surface area contributed by atoms with E-state index in [1.165, 1.54) is 5.56 Å². The number of rotatable bonds is 3. The third kappa shape index (κ3) is 3.40. The minimum atomic E-state index is -1.13. The largest absolute Gasteiger partial charge is 0.250 e. The van der Waals surface area contributed by atoms with Gasteiger partial charge in [0.1, 0.15) is 0 Å². The van der Waals surface area contributed by atoms with Gasteiger partial charge in [-0.3, -0.25) is 0 Å². The van der Waals surface area contributed by atoms with Crippen LogP contribution in [0.1, 0.15) is 11.1 Å². The molecule has 0 spiro atoms. The van der Waals surface area contributed by atoms with Crippen LogP contribution >= 0.6 is 15.9 Å². The summed E-state index contributed by atoms with van der Waals surface area (Å²) in [5, 5.41) is 1.72. The number of aryl methyl sites for hydroxylation is 1. The smallest absolute Gasteiger partial charge is 0.0787 e. The van der Waals surface area contributed by atoms with Crippen LogP contribution in [0.4, 0.5) is 0 Å². The van der Waals surface area contributed by atoms with Crippen molar-refractivity contribution in [3.05, 3.63) is 71.1 Å². The second kappa shape index (κ2) is 6.12. The molecule has 18 heavy (non-hydrogen) atoms. The van der Waals surface area contributed by atoms with E-state index in [1.54, 1.807) is 5.41 Å². The molecule has 0 amide bonds. The van der Waals surface area contributed by atoms with Crippen molar-refractivity contribution < 1.29 is 4.21 Å². The fraction of sp³-hybridized carbons (Fsp3) is 0.0667. The molecule has 2 aromatic rings. The molecule has 2 rings (SSSR count). The summed E-state index contributed by atoms with van der Waals surface area (Å²) in [5.74, 6) is 0. The minimum Gasteiger partial charge on any atom is -0.250 e. The quantitative estimate of drug-likeness (QED) is 0.814. The van der Waals surface area contributed by atoms with Gasteiger partial charge in [-0.1, -0.05) is 48.0 Å². The lowest BCUT2D eigenvalue weighted by Gasteiger charge is -2.01. The average molecular weight is 321 g/mol. The van der Waals surface area contributed by atoms with Gasteiger partial charge in [-0.2, -0.15) is 0 Å². The Morgan fingerprint density at radius 1 is 1.06 bits per heavy atom. The fourth-order valence-electron chi connectivity index (χ4n) is 1.50. The van der Waals surface area contributed by atoms with Gasteiger partial charge in [-0.15, -0.1) is 0 Å². The van der Waals surface area contributed by atoms with Gasteiger partial charge in [0.2, 0.25) is 0 Å². The standard InChI is InChI=1S/C15H13BrOS/c1-12-7-9-14(10-8-12)18(17)11-15(16)13-5-3-2-4-6-13/h2-11H,1H3/b15-11-. The van der Waals surface area contributed by atoms with Gasteiger partial charge < -0.3 is 0 Å². The zero-order valence-electron chi connectivity index (χ0n) is 9.97. The molecule has 0 radical (unpaired) electrons. The lowest BCUT2D eigenvalue weighted by atomic mass is 10.2. The zero-order chi connectivity index (χ0) is 13.0. The van der Waals surface area contributed by atoms with Crippen molar-refractivity contribution in [1.82, 2.24) is 0 Å². The summed E-state index contributed by atoms with van der Waals surface area (Å²) in [5.41, 5.74) is 2.19. The molecule has 0 aliphatic heterocycles. The molecule has 1 atom stereocenters. The van der Waals surface area contributed by atoms with Crippen molar-refractivity contribution in [2.24, 2.45) is 0 Å². The highest BCUT2D eigenvalue weighted by atomic mass is 79.9. The van der Waals surface area contributed by atoms with Crippen molar-refractivity contribution in [2.75, 3.05) is 0 Å². The van der Waals surface area contributed by atoms with Gasteiger partial charge >= 0.3 is 0 Å². The molecule has 0 heterocycles. The number of benzene rings is 2. The Bertz CT molecular complexity index is 573. The number of halogens is 1. The highest BCUT2D eigenvalue weighted by molar-refractivity contribution is 9.15. The third-order valence-corrected chi connectivity index (χ3v) is 4.69. The first-order valence-corrected chi connectivity index (χ1v) is 7.57. The van der Waals surface area contributed by atoms with Crippen LogP contribution in [0.2, 0.25) is 0 Å². The van der Waals surface area contributed by atoms with E-state index in [-0.39, 0.29) is 0 Å². The van der Waals surface area contributed by atoms with Crippen LogP contribution < -0.4 is 0 Å². The molecule has 0 fully saturated rings. The lowest BCUT2D eigenvalue weighted by Crippen LogP contribution is -1.87. The molecule has 0 saturated carbocycles. The second-order valence-electron chi connectivity index (χ2n) is 3.94. The summed E-state index contributed by atoms with van der Waals surface area (Å²) in [7, 11) is -1.13. The van der Waals surface area contributed by atoms with E-state index in [2.05, 4.69) is 15.9 Å². The lowest BCUT2D eigenvalue weighted by molar-refractivity contribution is 0.688. The molecular formula is C15H13BrOS. The van der Waals surface area contributed by atoms with Crippen molar-refractivity contribution in [2.45, 2.75) is 11.8 Å². The van der Waals surface area contributed by atoms with Gasteiger partial charge in [0.25, 0.3) is 0 Å². The number of hydrogen-bond donors (Lipinski definition) is 0. The molecule has 1 unspecified atom stereocenters. The predicted molar refractivity (Wildman–Crippen MR) is 80.9 cm³/mol. The normalized spacial score (nSPS) is 13.3. The summed E-state index contributed by atoms with van der Waals surface area (Å²) in [4.78, 5) is 0.813. The highest BCUT2D eigenvalue weighted by Gasteiger charge is 2.03. The maximum absolute atomic E-state index is 12.1. The van der Waals surface area contributed by atoms with Crippen molar-refractivity contribution in [1.29, 1.82) is 0 Å². The molecule has 3 heteroatoms. The van der Waals surface area contributed by atoms with Crippen molar-refractivity contribution in [3.8, 4) is 0 Å². The van der Waals surface area contributed by atoms with E-state index in [4.69, 9.17) is 0 Å². The fourth-order valence-corrected chi connectivity index (χ4v) is 3.14. The SMILES string of the molecule is Cc1ccc(S(=O)/C=C(\Br)c2ccccc2)cc1. The molecule has 0 aromatic heterocycles. The van der Waals surface area contributed by atoms with E-state index < -0.39 is 10.8 Å². The third-order valence-electron chi connectivity index (χ3n) is 2.51. The van der Waals surface area contributed by atoms with E-state index in [9.17, 15) is 4.21 Å². The minimum absolute atomic E-state index is 0.813. The summed E-state index contributed by atoms with van der Waals surface area (Å²) in [6, 6.07) is 17.6. The summed E-state index contributed by atoms with van der Waals surface area (Å²) >= 11 is 3.47. The summed E-state index contributed by atoms with van der Waals surface area (Å²) in [6.07, 6.45) is 0. The zero-order valence-corrected chi connectivity index (χ0v) is 12.4. The second-order valence-corrected chi connectivity index (χ2v) is 6.10. The van der Waals surface area contributed by atoms with Crippen LogP contribution in [-0.2, 0) is 10.8 Å². The van der Waals surface area contributed by atoms with E-state index in [0.717, 1.165) is 14.9 Å².